The molecule has 0 saturated carbocycles. The number of fused-ring (bicyclic) bond motifs is 1. The van der Waals surface area contributed by atoms with Crippen LogP contribution < -0.4 is 15.5 Å². The minimum atomic E-state index is -0.200. The summed E-state index contributed by atoms with van der Waals surface area (Å²) >= 11 is 0. The van der Waals surface area contributed by atoms with Gasteiger partial charge in [-0.15, -0.1) is 0 Å². The molecule has 5 rings (SSSR count). The third-order valence-electron chi connectivity index (χ3n) is 5.48. The first-order valence-corrected chi connectivity index (χ1v) is 10.3. The second-order valence-electron chi connectivity index (χ2n) is 7.57. The van der Waals surface area contributed by atoms with Crippen LogP contribution in [0.15, 0.2) is 54.7 Å². The number of benzene rings is 2. The molecule has 3 heterocycles. The highest BCUT2D eigenvalue weighted by molar-refractivity contribution is 6.05. The second-order valence-corrected chi connectivity index (χ2v) is 7.57. The van der Waals surface area contributed by atoms with E-state index >= 15 is 0 Å². The zero-order valence-electron chi connectivity index (χ0n) is 17.2. The van der Waals surface area contributed by atoms with Crippen LogP contribution in [0.4, 0.5) is 11.6 Å². The van der Waals surface area contributed by atoms with Crippen LogP contribution in [0, 0.1) is 6.92 Å². The number of carbonyl (C=O) groups excluding carboxylic acids is 1. The molecular weight excluding hydrogens is 390 g/mol. The summed E-state index contributed by atoms with van der Waals surface area (Å²) in [6.07, 6.45) is 1.71. The maximum atomic E-state index is 12.7. The Morgan fingerprint density at radius 2 is 1.90 bits per heavy atom. The highest BCUT2D eigenvalue weighted by Crippen LogP contribution is 2.29. The molecule has 4 aromatic rings. The van der Waals surface area contributed by atoms with Crippen molar-refractivity contribution in [2.24, 2.45) is 0 Å². The summed E-state index contributed by atoms with van der Waals surface area (Å²) in [6.45, 7) is 5.31. The van der Waals surface area contributed by atoms with E-state index in [0.717, 1.165) is 54.0 Å². The van der Waals surface area contributed by atoms with Gasteiger partial charge in [-0.25, -0.2) is 9.97 Å². The van der Waals surface area contributed by atoms with E-state index in [-0.39, 0.29) is 5.91 Å². The van der Waals surface area contributed by atoms with Gasteiger partial charge in [-0.3, -0.25) is 9.89 Å². The van der Waals surface area contributed by atoms with Gasteiger partial charge < -0.3 is 15.5 Å². The van der Waals surface area contributed by atoms with E-state index < -0.39 is 0 Å². The van der Waals surface area contributed by atoms with Gasteiger partial charge in [0.15, 0.2) is 11.6 Å². The fraction of sp³-hybridized carbons (Fsp3) is 0.217. The maximum Gasteiger partial charge on any atom is 0.256 e. The van der Waals surface area contributed by atoms with E-state index in [4.69, 9.17) is 4.98 Å². The van der Waals surface area contributed by atoms with E-state index in [1.54, 1.807) is 18.3 Å². The highest BCUT2D eigenvalue weighted by atomic mass is 16.1. The number of hydrogen-bond donors (Lipinski definition) is 3. The molecule has 0 spiro atoms. The zero-order valence-corrected chi connectivity index (χ0v) is 17.2. The third-order valence-corrected chi connectivity index (χ3v) is 5.48. The summed E-state index contributed by atoms with van der Waals surface area (Å²) in [4.78, 5) is 24.4. The Bertz CT molecular complexity index is 1230. The van der Waals surface area contributed by atoms with Crippen molar-refractivity contribution < 1.29 is 4.79 Å². The Labute approximate surface area is 179 Å². The molecule has 31 heavy (non-hydrogen) atoms. The van der Waals surface area contributed by atoms with Gasteiger partial charge in [-0.1, -0.05) is 24.3 Å². The maximum absolute atomic E-state index is 12.7. The monoisotopic (exact) mass is 413 g/mol. The van der Waals surface area contributed by atoms with Gasteiger partial charge in [0, 0.05) is 48.4 Å². The van der Waals surface area contributed by atoms with Crippen LogP contribution in [0.1, 0.15) is 16.1 Å². The average Bonchev–Trinajstić information content (AvgIpc) is 3.20. The molecular formula is C23H23N7O. The van der Waals surface area contributed by atoms with E-state index in [2.05, 4.69) is 36.8 Å². The van der Waals surface area contributed by atoms with Gasteiger partial charge >= 0.3 is 0 Å². The molecule has 8 heteroatoms. The molecule has 1 aliphatic heterocycles. The van der Waals surface area contributed by atoms with Crippen LogP contribution in [0.25, 0.3) is 22.2 Å². The predicted molar refractivity (Wildman–Crippen MR) is 121 cm³/mol. The number of nitrogens with zero attached hydrogens (tertiary/aromatic N) is 4. The highest BCUT2D eigenvalue weighted by Gasteiger charge is 2.20. The van der Waals surface area contributed by atoms with Gasteiger partial charge in [0.1, 0.15) is 0 Å². The van der Waals surface area contributed by atoms with Crippen molar-refractivity contribution in [1.29, 1.82) is 0 Å². The Hall–Kier alpha value is -3.78. The summed E-state index contributed by atoms with van der Waals surface area (Å²) in [5.41, 5.74) is 4.23. The number of anilines is 2. The molecule has 2 aromatic heterocycles. The number of hydrogen-bond acceptors (Lipinski definition) is 6. The number of carbonyl (C=O) groups is 1. The largest absolute Gasteiger partial charge is 0.351 e. The summed E-state index contributed by atoms with van der Waals surface area (Å²) in [6, 6.07) is 15.2. The lowest BCUT2D eigenvalue weighted by Crippen LogP contribution is -2.44. The first-order chi connectivity index (χ1) is 15.2. The molecule has 0 bridgehead atoms. The molecule has 0 unspecified atom stereocenters. The van der Waals surface area contributed by atoms with Gasteiger partial charge in [-0.05, 0) is 31.2 Å². The van der Waals surface area contributed by atoms with Crippen LogP contribution in [-0.4, -0.2) is 52.3 Å². The summed E-state index contributed by atoms with van der Waals surface area (Å²) in [5, 5.41) is 14.7. The molecule has 0 radical (unpaired) electrons. The summed E-state index contributed by atoms with van der Waals surface area (Å²) in [7, 11) is 0. The lowest BCUT2D eigenvalue weighted by atomic mass is 10.1. The second kappa shape index (κ2) is 8.16. The molecule has 1 aliphatic rings. The Kier molecular flexibility index (Phi) is 5.05. The molecule has 1 fully saturated rings. The predicted octanol–water partition coefficient (Wildman–Crippen LogP) is 2.99. The lowest BCUT2D eigenvalue weighted by Gasteiger charge is -2.29. The minimum absolute atomic E-state index is 0.200. The van der Waals surface area contributed by atoms with Crippen molar-refractivity contribution in [2.45, 2.75) is 6.92 Å². The third kappa shape index (κ3) is 3.85. The average molecular weight is 413 g/mol. The molecule has 1 saturated heterocycles. The number of aromatic amines is 1. The van der Waals surface area contributed by atoms with Crippen LogP contribution in [0.3, 0.4) is 0 Å². The van der Waals surface area contributed by atoms with Crippen LogP contribution in [-0.2, 0) is 0 Å². The van der Waals surface area contributed by atoms with Gasteiger partial charge in [0.05, 0.1) is 17.4 Å². The Morgan fingerprint density at radius 3 is 2.71 bits per heavy atom. The molecule has 8 nitrogen and oxygen atoms in total. The lowest BCUT2D eigenvalue weighted by molar-refractivity contribution is 0.102. The van der Waals surface area contributed by atoms with Crippen LogP contribution in [0.2, 0.25) is 0 Å². The summed E-state index contributed by atoms with van der Waals surface area (Å²) < 4.78 is 0. The van der Waals surface area contributed by atoms with Crippen molar-refractivity contribution in [2.75, 3.05) is 36.4 Å². The Balaban J connectivity index is 1.53. The summed E-state index contributed by atoms with van der Waals surface area (Å²) in [5.74, 6) is 0.960. The number of H-pyrrole nitrogens is 1. The van der Waals surface area contributed by atoms with Crippen molar-refractivity contribution in [3.8, 4) is 11.3 Å². The van der Waals surface area contributed by atoms with Crippen molar-refractivity contribution >= 4 is 28.4 Å². The quantitative estimate of drug-likeness (QED) is 0.476. The number of rotatable bonds is 4. The van der Waals surface area contributed by atoms with Crippen molar-refractivity contribution in [3.63, 3.8) is 0 Å². The normalized spacial score (nSPS) is 14.0. The minimum Gasteiger partial charge on any atom is -0.351 e. The smallest absolute Gasteiger partial charge is 0.256 e. The SMILES string of the molecule is Cc1[nH]nc2ccc(-c3cnc(NC(=O)c4ccccc4)c(N4CCNCC4)n3)cc12. The number of aryl methyl sites for hydroxylation is 1. The van der Waals surface area contributed by atoms with E-state index in [9.17, 15) is 4.79 Å². The molecule has 3 N–H and O–H groups in total. The molecule has 1 amide bonds. The molecule has 2 aromatic carbocycles. The van der Waals surface area contributed by atoms with E-state index in [1.165, 1.54) is 0 Å². The fourth-order valence-electron chi connectivity index (χ4n) is 3.77. The zero-order chi connectivity index (χ0) is 21.2. The number of nitrogens with one attached hydrogen (secondary N) is 3. The van der Waals surface area contributed by atoms with Crippen LogP contribution in [0.5, 0.6) is 0 Å². The van der Waals surface area contributed by atoms with E-state index in [1.807, 2.05) is 37.3 Å². The first-order valence-electron chi connectivity index (χ1n) is 10.3. The van der Waals surface area contributed by atoms with Crippen molar-refractivity contribution in [1.82, 2.24) is 25.5 Å². The van der Waals surface area contributed by atoms with Crippen LogP contribution >= 0.6 is 0 Å². The molecule has 0 atom stereocenters. The number of piperazine rings is 1. The standard InChI is InChI=1S/C23H23N7O/c1-15-18-13-17(7-8-19(18)29-28-15)20-14-25-21(22(26-20)30-11-9-24-10-12-30)27-23(31)16-5-3-2-4-6-16/h2-8,13-14,24H,9-12H2,1H3,(H,28,29)(H,25,27,31). The van der Waals surface area contributed by atoms with Crippen molar-refractivity contribution in [3.05, 3.63) is 66.0 Å². The fourth-order valence-corrected chi connectivity index (χ4v) is 3.77. The first kappa shape index (κ1) is 19.2. The molecule has 0 aliphatic carbocycles. The molecule has 156 valence electrons. The van der Waals surface area contributed by atoms with Gasteiger partial charge in [0.25, 0.3) is 5.91 Å². The number of amides is 1. The Morgan fingerprint density at radius 1 is 1.10 bits per heavy atom. The van der Waals surface area contributed by atoms with E-state index in [0.29, 0.717) is 17.2 Å². The topological polar surface area (TPSA) is 98.8 Å². The number of aromatic nitrogens is 4. The van der Waals surface area contributed by atoms with Gasteiger partial charge in [-0.2, -0.15) is 5.10 Å². The van der Waals surface area contributed by atoms with Gasteiger partial charge in [0.2, 0.25) is 0 Å².